The Labute approximate surface area is 149 Å². The molecule has 0 fully saturated rings. The van der Waals surface area contributed by atoms with Crippen molar-refractivity contribution in [1.82, 2.24) is 9.88 Å². The first kappa shape index (κ1) is 18.3. The summed E-state index contributed by atoms with van der Waals surface area (Å²) in [5, 5.41) is 9.60. The van der Waals surface area contributed by atoms with Gasteiger partial charge in [0.15, 0.2) is 11.7 Å². The van der Waals surface area contributed by atoms with Gasteiger partial charge in [0.2, 0.25) is 5.91 Å². The Hall–Kier alpha value is -2.05. The van der Waals surface area contributed by atoms with Crippen LogP contribution >= 0.6 is 23.2 Å². The van der Waals surface area contributed by atoms with Crippen molar-refractivity contribution in [2.45, 2.75) is 19.3 Å². The molecule has 0 radical (unpaired) electrons. The van der Waals surface area contributed by atoms with Gasteiger partial charge in [0, 0.05) is 37.0 Å². The minimum atomic E-state index is -0.938. The third-order valence-electron chi connectivity index (χ3n) is 3.39. The van der Waals surface area contributed by atoms with Gasteiger partial charge in [0.05, 0.1) is 17.6 Å². The van der Waals surface area contributed by atoms with Crippen LogP contribution in [0.1, 0.15) is 18.7 Å². The Morgan fingerprint density at radius 3 is 2.71 bits per heavy atom. The van der Waals surface area contributed by atoms with Gasteiger partial charge in [-0.2, -0.15) is 0 Å². The number of carboxylic acids is 1. The van der Waals surface area contributed by atoms with Crippen molar-refractivity contribution in [3.05, 3.63) is 40.3 Å². The van der Waals surface area contributed by atoms with Crippen molar-refractivity contribution >= 4 is 35.1 Å². The number of carbonyl (C=O) groups is 2. The minimum Gasteiger partial charge on any atom is -0.481 e. The van der Waals surface area contributed by atoms with Gasteiger partial charge >= 0.3 is 5.97 Å². The lowest BCUT2D eigenvalue weighted by atomic mass is 10.2. The number of halogens is 2. The fraction of sp³-hybridized carbons (Fsp3) is 0.312. The summed E-state index contributed by atoms with van der Waals surface area (Å²) < 4.78 is 5.62. The van der Waals surface area contributed by atoms with Crippen LogP contribution in [0.5, 0.6) is 0 Å². The molecule has 1 N–H and O–H groups in total. The van der Waals surface area contributed by atoms with Gasteiger partial charge in [-0.1, -0.05) is 23.2 Å². The summed E-state index contributed by atoms with van der Waals surface area (Å²) >= 11 is 12.0. The zero-order valence-electron chi connectivity index (χ0n) is 13.0. The third kappa shape index (κ3) is 4.97. The number of carbonyl (C=O) groups excluding carboxylic acids is 1. The number of hydrogen-bond acceptors (Lipinski definition) is 4. The topological polar surface area (TPSA) is 83.6 Å². The van der Waals surface area contributed by atoms with Crippen molar-refractivity contribution < 1.29 is 19.1 Å². The molecule has 0 atom stereocenters. The van der Waals surface area contributed by atoms with Gasteiger partial charge in [-0.25, -0.2) is 4.98 Å². The summed E-state index contributed by atoms with van der Waals surface area (Å²) in [5.74, 6) is -0.193. The van der Waals surface area contributed by atoms with E-state index < -0.39 is 5.97 Å². The first-order chi connectivity index (χ1) is 11.4. The lowest BCUT2D eigenvalue weighted by molar-refractivity contribution is -0.138. The molecule has 1 aromatic heterocycles. The van der Waals surface area contributed by atoms with Gasteiger partial charge in [-0.3, -0.25) is 9.59 Å². The van der Waals surface area contributed by atoms with E-state index >= 15 is 0 Å². The van der Waals surface area contributed by atoms with E-state index in [2.05, 4.69) is 4.98 Å². The van der Waals surface area contributed by atoms with Crippen molar-refractivity contribution in [3.8, 4) is 11.3 Å². The highest BCUT2D eigenvalue weighted by Gasteiger charge is 2.14. The number of amides is 1. The molecule has 6 nitrogen and oxygen atoms in total. The fourth-order valence-corrected chi connectivity index (χ4v) is 2.53. The number of benzene rings is 1. The summed E-state index contributed by atoms with van der Waals surface area (Å²) in [6, 6.07) is 5.05. The highest BCUT2D eigenvalue weighted by molar-refractivity contribution is 6.36. The Morgan fingerprint density at radius 1 is 1.29 bits per heavy atom. The number of oxazole rings is 1. The maximum Gasteiger partial charge on any atom is 0.305 e. The van der Waals surface area contributed by atoms with E-state index in [0.717, 1.165) is 0 Å². The molecule has 24 heavy (non-hydrogen) atoms. The second kappa shape index (κ2) is 8.17. The van der Waals surface area contributed by atoms with Crippen molar-refractivity contribution in [3.63, 3.8) is 0 Å². The van der Waals surface area contributed by atoms with Crippen molar-refractivity contribution in [2.75, 3.05) is 13.6 Å². The van der Waals surface area contributed by atoms with E-state index in [1.54, 1.807) is 31.4 Å². The monoisotopic (exact) mass is 370 g/mol. The molecule has 2 aromatic rings. The molecule has 1 amide bonds. The van der Waals surface area contributed by atoms with E-state index in [4.69, 9.17) is 32.7 Å². The van der Waals surface area contributed by atoms with Gasteiger partial charge in [0.25, 0.3) is 0 Å². The molecule has 128 valence electrons. The maximum absolute atomic E-state index is 11.9. The molecule has 0 unspecified atom stereocenters. The number of aliphatic carboxylic acids is 1. The molecule has 1 aromatic carbocycles. The number of rotatable bonds is 7. The summed E-state index contributed by atoms with van der Waals surface area (Å²) in [6.45, 7) is 0.172. The normalized spacial score (nSPS) is 10.6. The first-order valence-electron chi connectivity index (χ1n) is 7.22. The lowest BCUT2D eigenvalue weighted by Crippen LogP contribution is -2.29. The van der Waals surface area contributed by atoms with Gasteiger partial charge < -0.3 is 14.4 Å². The van der Waals surface area contributed by atoms with Gasteiger partial charge in [0.1, 0.15) is 0 Å². The zero-order valence-corrected chi connectivity index (χ0v) is 14.5. The summed E-state index contributed by atoms with van der Waals surface area (Å²) in [4.78, 5) is 28.0. The molecule has 0 aliphatic carbocycles. The Balaban J connectivity index is 1.94. The molecule has 0 spiro atoms. The molecule has 0 aliphatic rings. The highest BCUT2D eigenvalue weighted by Crippen LogP contribution is 2.30. The van der Waals surface area contributed by atoms with Crippen LogP contribution in [0.4, 0.5) is 0 Å². The van der Waals surface area contributed by atoms with Crippen LogP contribution in [0, 0.1) is 0 Å². The summed E-state index contributed by atoms with van der Waals surface area (Å²) in [7, 11) is 1.57. The highest BCUT2D eigenvalue weighted by atomic mass is 35.5. The summed E-state index contributed by atoms with van der Waals surface area (Å²) in [6.07, 6.45) is 1.97. The molecular weight excluding hydrogens is 355 g/mol. The van der Waals surface area contributed by atoms with Crippen LogP contribution < -0.4 is 0 Å². The lowest BCUT2D eigenvalue weighted by Gasteiger charge is -2.15. The van der Waals surface area contributed by atoms with E-state index in [1.165, 1.54) is 4.90 Å². The van der Waals surface area contributed by atoms with E-state index in [1.807, 2.05) is 0 Å². The molecular formula is C16H16Cl2N2O4. The van der Waals surface area contributed by atoms with E-state index in [9.17, 15) is 9.59 Å². The van der Waals surface area contributed by atoms with E-state index in [0.29, 0.717) is 33.7 Å². The number of aromatic nitrogens is 1. The van der Waals surface area contributed by atoms with Crippen LogP contribution in [0.2, 0.25) is 10.0 Å². The summed E-state index contributed by atoms with van der Waals surface area (Å²) in [5.41, 5.74) is 0.671. The number of hydrogen-bond donors (Lipinski definition) is 1. The first-order valence-corrected chi connectivity index (χ1v) is 7.98. The van der Waals surface area contributed by atoms with Crippen LogP contribution in [-0.2, 0) is 16.0 Å². The Kier molecular flexibility index (Phi) is 6.23. The van der Waals surface area contributed by atoms with Crippen LogP contribution in [-0.4, -0.2) is 40.5 Å². The average molecular weight is 371 g/mol. The Bertz CT molecular complexity index is 745. The number of aryl methyl sites for hydroxylation is 1. The SMILES string of the molecule is CN(CCC(=O)O)C(=O)CCc1ncc(-c2ccc(Cl)cc2Cl)o1. The molecule has 0 aliphatic heterocycles. The average Bonchev–Trinajstić information content (AvgIpc) is 2.98. The number of nitrogens with zero attached hydrogens (tertiary/aromatic N) is 2. The quantitative estimate of drug-likeness (QED) is 0.805. The van der Waals surface area contributed by atoms with Crippen LogP contribution in [0.15, 0.2) is 28.8 Å². The van der Waals surface area contributed by atoms with E-state index in [-0.39, 0.29) is 25.3 Å². The predicted molar refractivity (Wildman–Crippen MR) is 90.2 cm³/mol. The van der Waals surface area contributed by atoms with Crippen LogP contribution in [0.3, 0.4) is 0 Å². The third-order valence-corrected chi connectivity index (χ3v) is 3.94. The largest absolute Gasteiger partial charge is 0.481 e. The molecule has 2 rings (SSSR count). The maximum atomic E-state index is 11.9. The van der Waals surface area contributed by atoms with Crippen molar-refractivity contribution in [1.29, 1.82) is 0 Å². The van der Waals surface area contributed by atoms with Crippen LogP contribution in [0.25, 0.3) is 11.3 Å². The van der Waals surface area contributed by atoms with Crippen molar-refractivity contribution in [2.24, 2.45) is 0 Å². The molecule has 0 bridgehead atoms. The fourth-order valence-electron chi connectivity index (χ4n) is 2.03. The van der Waals surface area contributed by atoms with Gasteiger partial charge in [-0.15, -0.1) is 0 Å². The molecule has 0 saturated heterocycles. The van der Waals surface area contributed by atoms with Gasteiger partial charge in [-0.05, 0) is 18.2 Å². The Morgan fingerprint density at radius 2 is 2.04 bits per heavy atom. The smallest absolute Gasteiger partial charge is 0.305 e. The second-order valence-electron chi connectivity index (χ2n) is 5.20. The second-order valence-corrected chi connectivity index (χ2v) is 6.05. The zero-order chi connectivity index (χ0) is 17.7. The predicted octanol–water partition coefficient (Wildman–Crippen LogP) is 3.51. The number of carboxylic acid groups (broad SMARTS) is 1. The standard InChI is InChI=1S/C16H16Cl2N2O4/c1-20(7-6-16(22)23)15(21)5-4-14-19-9-13(24-14)11-3-2-10(17)8-12(11)18/h2-3,8-9H,4-7H2,1H3,(H,22,23). The molecule has 0 saturated carbocycles. The minimum absolute atomic E-state index is 0.0829. The molecule has 1 heterocycles. The molecule has 8 heteroatoms.